The number of carbonyl (C=O) groups is 1. The van der Waals surface area contributed by atoms with Crippen LogP contribution in [0.5, 0.6) is 0 Å². The number of allylic oxidation sites excluding steroid dienone is 1. The first-order valence-electron chi connectivity index (χ1n) is 5.94. The first-order chi connectivity index (χ1) is 8.67. The monoisotopic (exact) mass is 256 g/mol. The summed E-state index contributed by atoms with van der Waals surface area (Å²) in [5, 5.41) is 2.16. The molecule has 1 nitrogen and oxygen atoms in total. The Morgan fingerprint density at radius 3 is 2.61 bits per heavy atom. The van der Waals surface area contributed by atoms with Crippen molar-refractivity contribution in [2.75, 3.05) is 0 Å². The van der Waals surface area contributed by atoms with E-state index in [2.05, 4.69) is 42.6 Å². The Morgan fingerprint density at radius 1 is 1.22 bits per heavy atom. The van der Waals surface area contributed by atoms with E-state index in [4.69, 9.17) is 0 Å². The van der Waals surface area contributed by atoms with Gasteiger partial charge in [0.05, 0.1) is 0 Å². The van der Waals surface area contributed by atoms with Crippen molar-refractivity contribution in [3.63, 3.8) is 0 Å². The highest BCUT2D eigenvalue weighted by Crippen LogP contribution is 2.20. The van der Waals surface area contributed by atoms with Crippen LogP contribution in [0.4, 0.5) is 0 Å². The first-order valence-corrected chi connectivity index (χ1v) is 6.82. The van der Waals surface area contributed by atoms with E-state index in [0.29, 0.717) is 0 Å². The molecule has 0 saturated heterocycles. The van der Waals surface area contributed by atoms with Crippen LogP contribution >= 0.6 is 11.3 Å². The molecule has 2 rings (SSSR count). The Kier molecular flexibility index (Phi) is 4.11. The van der Waals surface area contributed by atoms with E-state index in [0.717, 1.165) is 23.2 Å². The summed E-state index contributed by atoms with van der Waals surface area (Å²) in [4.78, 5) is 11.7. The smallest absolute Gasteiger partial charge is 0.145 e. The van der Waals surface area contributed by atoms with Gasteiger partial charge in [-0.05, 0) is 54.5 Å². The largest absolute Gasteiger partial charge is 0.298 e. The third kappa shape index (κ3) is 3.41. The molecular weight excluding hydrogens is 240 g/mol. The Balaban J connectivity index is 2.11. The summed E-state index contributed by atoms with van der Waals surface area (Å²) < 4.78 is 0. The molecule has 2 aromatic rings. The lowest BCUT2D eigenvalue weighted by atomic mass is 10.1. The Hall–Kier alpha value is -1.67. The number of hydrogen-bond acceptors (Lipinski definition) is 2. The fourth-order valence-corrected chi connectivity index (χ4v) is 2.68. The maximum atomic E-state index is 10.6. The summed E-state index contributed by atoms with van der Waals surface area (Å²) in [7, 11) is 0. The molecule has 1 heterocycles. The molecule has 0 radical (unpaired) electrons. The van der Waals surface area contributed by atoms with Crippen molar-refractivity contribution in [2.24, 2.45) is 0 Å². The van der Waals surface area contributed by atoms with E-state index in [1.54, 1.807) is 11.3 Å². The van der Waals surface area contributed by atoms with Crippen LogP contribution in [0.2, 0.25) is 0 Å². The van der Waals surface area contributed by atoms with Gasteiger partial charge in [-0.1, -0.05) is 29.8 Å². The lowest BCUT2D eigenvalue weighted by Gasteiger charge is -1.99. The van der Waals surface area contributed by atoms with Crippen LogP contribution in [0.3, 0.4) is 0 Å². The molecule has 0 fully saturated rings. The highest BCUT2D eigenvalue weighted by molar-refractivity contribution is 7.11. The van der Waals surface area contributed by atoms with E-state index in [1.807, 2.05) is 13.0 Å². The second-order valence-corrected chi connectivity index (χ2v) is 5.47. The summed E-state index contributed by atoms with van der Waals surface area (Å²) in [5.74, 6) is 0. The third-order valence-corrected chi connectivity index (χ3v) is 3.69. The van der Waals surface area contributed by atoms with Gasteiger partial charge in [0.25, 0.3) is 0 Å². The van der Waals surface area contributed by atoms with Gasteiger partial charge in [-0.25, -0.2) is 0 Å². The second-order valence-electron chi connectivity index (χ2n) is 4.53. The number of carbonyl (C=O) groups excluding carboxylic acids is 1. The molecule has 0 amide bonds. The predicted octanol–water partition coefficient (Wildman–Crippen LogP) is 4.25. The molecule has 0 spiro atoms. The van der Waals surface area contributed by atoms with Crippen LogP contribution in [0, 0.1) is 6.92 Å². The SMILES string of the molecule is C/C(C=O)=C\c1cc(Cc2ccc(C)cc2)cs1. The predicted molar refractivity (Wildman–Crippen MR) is 78.0 cm³/mol. The van der Waals surface area contributed by atoms with E-state index in [9.17, 15) is 4.79 Å². The standard InChI is InChI=1S/C16H16OS/c1-12-3-5-14(6-4-12)8-15-9-16(18-11-15)7-13(2)10-17/h3-7,9-11H,8H2,1-2H3/b13-7+. The molecule has 92 valence electrons. The fraction of sp³-hybridized carbons (Fsp3) is 0.188. The van der Waals surface area contributed by atoms with Crippen LogP contribution in [0.25, 0.3) is 6.08 Å². The van der Waals surface area contributed by atoms with E-state index >= 15 is 0 Å². The van der Waals surface area contributed by atoms with Crippen molar-refractivity contribution >= 4 is 23.7 Å². The van der Waals surface area contributed by atoms with Gasteiger partial charge in [-0.3, -0.25) is 4.79 Å². The van der Waals surface area contributed by atoms with Crippen LogP contribution in [0.15, 0.2) is 41.3 Å². The number of rotatable bonds is 4. The molecule has 0 unspecified atom stereocenters. The minimum atomic E-state index is 0.763. The van der Waals surface area contributed by atoms with Gasteiger partial charge in [-0.15, -0.1) is 11.3 Å². The molecule has 2 heteroatoms. The molecular formula is C16H16OS. The van der Waals surface area contributed by atoms with Crippen LogP contribution in [0.1, 0.15) is 28.5 Å². The second kappa shape index (κ2) is 5.78. The minimum Gasteiger partial charge on any atom is -0.298 e. The van der Waals surface area contributed by atoms with Crippen molar-refractivity contribution in [1.82, 2.24) is 0 Å². The quantitative estimate of drug-likeness (QED) is 0.590. The molecule has 0 aliphatic rings. The minimum absolute atomic E-state index is 0.763. The number of aldehydes is 1. The van der Waals surface area contributed by atoms with E-state index in [-0.39, 0.29) is 0 Å². The molecule has 0 N–H and O–H groups in total. The normalized spacial score (nSPS) is 11.6. The molecule has 1 aromatic heterocycles. The van der Waals surface area contributed by atoms with Gasteiger partial charge in [0, 0.05) is 4.88 Å². The zero-order valence-corrected chi connectivity index (χ0v) is 11.5. The summed E-state index contributed by atoms with van der Waals surface area (Å²) in [5.41, 5.74) is 4.67. The average Bonchev–Trinajstić information content (AvgIpc) is 2.79. The van der Waals surface area contributed by atoms with Crippen LogP contribution < -0.4 is 0 Å². The number of benzene rings is 1. The van der Waals surface area contributed by atoms with Crippen LogP contribution in [-0.2, 0) is 11.2 Å². The maximum absolute atomic E-state index is 10.6. The highest BCUT2D eigenvalue weighted by atomic mass is 32.1. The van der Waals surface area contributed by atoms with E-state index < -0.39 is 0 Å². The average molecular weight is 256 g/mol. The van der Waals surface area contributed by atoms with Crippen molar-refractivity contribution in [1.29, 1.82) is 0 Å². The zero-order valence-electron chi connectivity index (χ0n) is 10.6. The number of aryl methyl sites for hydroxylation is 1. The molecule has 0 saturated carbocycles. The Bertz CT molecular complexity index is 561. The molecule has 1 aromatic carbocycles. The summed E-state index contributed by atoms with van der Waals surface area (Å²) in [6.07, 6.45) is 3.76. The van der Waals surface area contributed by atoms with Crippen LogP contribution in [-0.4, -0.2) is 6.29 Å². The summed E-state index contributed by atoms with van der Waals surface area (Å²) in [6, 6.07) is 10.8. The maximum Gasteiger partial charge on any atom is 0.145 e. The zero-order chi connectivity index (χ0) is 13.0. The van der Waals surface area contributed by atoms with Gasteiger partial charge < -0.3 is 0 Å². The Labute approximate surface area is 112 Å². The van der Waals surface area contributed by atoms with Gasteiger partial charge in [0.1, 0.15) is 6.29 Å². The third-order valence-electron chi connectivity index (χ3n) is 2.76. The summed E-state index contributed by atoms with van der Waals surface area (Å²) in [6.45, 7) is 3.92. The molecule has 18 heavy (non-hydrogen) atoms. The Morgan fingerprint density at radius 2 is 1.94 bits per heavy atom. The topological polar surface area (TPSA) is 17.1 Å². The fourth-order valence-electron chi connectivity index (χ4n) is 1.76. The lowest BCUT2D eigenvalue weighted by molar-refractivity contribution is -0.104. The molecule has 0 aliphatic carbocycles. The number of hydrogen-bond donors (Lipinski definition) is 0. The highest BCUT2D eigenvalue weighted by Gasteiger charge is 2.00. The molecule has 0 aliphatic heterocycles. The van der Waals surface area contributed by atoms with Crippen molar-refractivity contribution in [3.8, 4) is 0 Å². The van der Waals surface area contributed by atoms with Gasteiger partial charge in [-0.2, -0.15) is 0 Å². The van der Waals surface area contributed by atoms with Gasteiger partial charge in [0.15, 0.2) is 0 Å². The lowest BCUT2D eigenvalue weighted by Crippen LogP contribution is -1.85. The summed E-state index contributed by atoms with van der Waals surface area (Å²) >= 11 is 1.68. The van der Waals surface area contributed by atoms with E-state index in [1.165, 1.54) is 16.7 Å². The first kappa shape index (κ1) is 12.8. The van der Waals surface area contributed by atoms with Crippen molar-refractivity contribution < 1.29 is 4.79 Å². The van der Waals surface area contributed by atoms with Crippen molar-refractivity contribution in [3.05, 3.63) is 62.9 Å². The molecule has 0 atom stereocenters. The molecule has 0 bridgehead atoms. The van der Waals surface area contributed by atoms with Gasteiger partial charge in [0.2, 0.25) is 0 Å². The van der Waals surface area contributed by atoms with Crippen molar-refractivity contribution in [2.45, 2.75) is 20.3 Å². The van der Waals surface area contributed by atoms with Gasteiger partial charge >= 0.3 is 0 Å². The number of thiophene rings is 1.